The fourth-order valence-corrected chi connectivity index (χ4v) is 3.29. The summed E-state index contributed by atoms with van der Waals surface area (Å²) in [5, 5.41) is 6.14. The average Bonchev–Trinajstić information content (AvgIpc) is 3.07. The van der Waals surface area contributed by atoms with Crippen molar-refractivity contribution in [2.45, 2.75) is 17.9 Å². The fraction of sp³-hybridized carbons (Fsp3) is 0.150. The molecule has 27 heavy (non-hydrogen) atoms. The number of hydrogen-bond donors (Lipinski definition) is 1. The maximum atomic E-state index is 12.5. The Bertz CT molecular complexity index is 1080. The molecule has 3 rings (SSSR count). The fourth-order valence-electron chi connectivity index (χ4n) is 2.72. The first-order valence-corrected chi connectivity index (χ1v) is 9.86. The Labute approximate surface area is 157 Å². The molecule has 1 heterocycles. The van der Waals surface area contributed by atoms with Crippen LogP contribution in [0.15, 0.2) is 70.0 Å². The molecule has 0 aliphatic carbocycles. The van der Waals surface area contributed by atoms with Crippen LogP contribution in [-0.2, 0) is 14.8 Å². The quantitative estimate of drug-likeness (QED) is 0.683. The largest absolute Gasteiger partial charge is 0.457 e. The van der Waals surface area contributed by atoms with E-state index in [9.17, 15) is 13.2 Å². The van der Waals surface area contributed by atoms with Crippen LogP contribution in [0.3, 0.4) is 0 Å². The molecule has 1 unspecified atom stereocenters. The van der Waals surface area contributed by atoms with E-state index in [0.717, 1.165) is 11.0 Å². The van der Waals surface area contributed by atoms with Crippen molar-refractivity contribution in [3.8, 4) is 0 Å². The molecule has 2 N–H and O–H groups in total. The van der Waals surface area contributed by atoms with Crippen LogP contribution in [0.4, 0.5) is 0 Å². The van der Waals surface area contributed by atoms with E-state index in [2.05, 4.69) is 0 Å². The topological polar surface area (TPSA) is 93.6 Å². The van der Waals surface area contributed by atoms with Crippen LogP contribution in [-0.4, -0.2) is 26.3 Å². The molecule has 0 saturated heterocycles. The summed E-state index contributed by atoms with van der Waals surface area (Å²) in [6.45, 7) is 1.81. The molecule has 140 valence electrons. The Hall–Kier alpha value is -2.90. The van der Waals surface area contributed by atoms with E-state index in [4.69, 9.17) is 9.56 Å². The summed E-state index contributed by atoms with van der Waals surface area (Å²) in [5.41, 5.74) is 1.43. The number of primary sulfonamides is 1. The Balaban J connectivity index is 1.76. The van der Waals surface area contributed by atoms with Crippen LogP contribution in [0.2, 0.25) is 0 Å². The van der Waals surface area contributed by atoms with Gasteiger partial charge in [0.2, 0.25) is 15.9 Å². The Morgan fingerprint density at radius 1 is 1.15 bits per heavy atom. The molecule has 0 aliphatic rings. The zero-order chi connectivity index (χ0) is 19.6. The predicted octanol–water partition coefficient (Wildman–Crippen LogP) is 3.31. The van der Waals surface area contributed by atoms with E-state index in [1.165, 1.54) is 23.1 Å². The van der Waals surface area contributed by atoms with Crippen molar-refractivity contribution in [3.05, 3.63) is 72.0 Å². The highest BCUT2D eigenvalue weighted by molar-refractivity contribution is 7.89. The monoisotopic (exact) mass is 384 g/mol. The second-order valence-electron chi connectivity index (χ2n) is 6.26. The summed E-state index contributed by atoms with van der Waals surface area (Å²) in [7, 11) is -2.14. The molecule has 7 heteroatoms. The molecule has 3 aromatic rings. The molecule has 1 amide bonds. The van der Waals surface area contributed by atoms with E-state index in [1.807, 2.05) is 37.3 Å². The van der Waals surface area contributed by atoms with Gasteiger partial charge in [0.15, 0.2) is 0 Å². The molecule has 0 radical (unpaired) electrons. The number of carbonyl (C=O) groups excluding carboxylic acids is 1. The third-order valence-electron chi connectivity index (χ3n) is 4.43. The number of benzene rings is 2. The van der Waals surface area contributed by atoms with Gasteiger partial charge in [0.1, 0.15) is 11.3 Å². The number of sulfonamides is 1. The first-order chi connectivity index (χ1) is 12.8. The minimum absolute atomic E-state index is 0.0190. The van der Waals surface area contributed by atoms with Crippen molar-refractivity contribution < 1.29 is 17.6 Å². The van der Waals surface area contributed by atoms with Crippen molar-refractivity contribution in [3.63, 3.8) is 0 Å². The number of furan rings is 1. The maximum Gasteiger partial charge on any atom is 0.246 e. The first-order valence-electron chi connectivity index (χ1n) is 8.32. The molecule has 0 saturated carbocycles. The predicted molar refractivity (Wildman–Crippen MR) is 104 cm³/mol. The van der Waals surface area contributed by atoms with Gasteiger partial charge in [-0.05, 0) is 42.8 Å². The highest BCUT2D eigenvalue weighted by atomic mass is 32.2. The lowest BCUT2D eigenvalue weighted by Crippen LogP contribution is -2.28. The normalized spacial score (nSPS) is 13.1. The zero-order valence-corrected chi connectivity index (χ0v) is 15.8. The Morgan fingerprint density at radius 3 is 2.59 bits per heavy atom. The minimum atomic E-state index is -3.79. The first kappa shape index (κ1) is 18.9. The third-order valence-corrected chi connectivity index (χ3v) is 5.34. The van der Waals surface area contributed by atoms with Gasteiger partial charge in [-0.25, -0.2) is 13.6 Å². The molecule has 0 spiro atoms. The molecule has 0 fully saturated rings. The lowest BCUT2D eigenvalue weighted by Gasteiger charge is -2.24. The van der Waals surface area contributed by atoms with Crippen LogP contribution in [0.5, 0.6) is 0 Å². The standard InChI is InChI=1S/C20H20N2O4S/c1-14(15-7-5-8-18(13-15)27(21,24)25)22(2)20(23)11-10-17-12-16-6-3-4-9-19(16)26-17/h3-14H,1-2H3,(H2,21,24,25). The van der Waals surface area contributed by atoms with Gasteiger partial charge in [-0.2, -0.15) is 0 Å². The van der Waals surface area contributed by atoms with E-state index in [1.54, 1.807) is 25.3 Å². The highest BCUT2D eigenvalue weighted by Crippen LogP contribution is 2.23. The maximum absolute atomic E-state index is 12.5. The molecule has 6 nitrogen and oxygen atoms in total. The van der Waals surface area contributed by atoms with Crippen LogP contribution in [0.1, 0.15) is 24.3 Å². The Morgan fingerprint density at radius 2 is 1.89 bits per heavy atom. The molecule has 0 bridgehead atoms. The van der Waals surface area contributed by atoms with Crippen LogP contribution in [0, 0.1) is 0 Å². The summed E-state index contributed by atoms with van der Waals surface area (Å²) in [6, 6.07) is 15.4. The van der Waals surface area contributed by atoms with Crippen LogP contribution in [0.25, 0.3) is 17.0 Å². The number of carbonyl (C=O) groups is 1. The van der Waals surface area contributed by atoms with Gasteiger partial charge in [-0.3, -0.25) is 4.79 Å². The number of hydrogen-bond acceptors (Lipinski definition) is 4. The summed E-state index contributed by atoms with van der Waals surface area (Å²) in [4.78, 5) is 14.0. The van der Waals surface area contributed by atoms with Gasteiger partial charge >= 0.3 is 0 Å². The second-order valence-corrected chi connectivity index (χ2v) is 7.82. The highest BCUT2D eigenvalue weighted by Gasteiger charge is 2.17. The molecule has 1 atom stereocenters. The number of rotatable bonds is 5. The van der Waals surface area contributed by atoms with Crippen LogP contribution >= 0.6 is 0 Å². The molecule has 1 aromatic heterocycles. The van der Waals surface area contributed by atoms with Crippen molar-refractivity contribution in [2.75, 3.05) is 7.05 Å². The lowest BCUT2D eigenvalue weighted by molar-refractivity contribution is -0.126. The van der Waals surface area contributed by atoms with Gasteiger partial charge in [0.25, 0.3) is 0 Å². The summed E-state index contributed by atoms with van der Waals surface area (Å²) in [6.07, 6.45) is 3.05. The molecular weight excluding hydrogens is 364 g/mol. The van der Waals surface area contributed by atoms with Gasteiger partial charge in [0, 0.05) is 18.5 Å². The number of para-hydroxylation sites is 1. The van der Waals surface area contributed by atoms with Crippen molar-refractivity contribution >= 4 is 33.0 Å². The number of fused-ring (bicyclic) bond motifs is 1. The number of likely N-dealkylation sites (N-methyl/N-ethyl adjacent to an activating group) is 1. The number of nitrogens with zero attached hydrogens (tertiary/aromatic N) is 1. The zero-order valence-electron chi connectivity index (χ0n) is 15.0. The van der Waals surface area contributed by atoms with Gasteiger partial charge in [-0.1, -0.05) is 30.3 Å². The van der Waals surface area contributed by atoms with Gasteiger partial charge in [0.05, 0.1) is 10.9 Å². The van der Waals surface area contributed by atoms with Gasteiger partial charge in [-0.15, -0.1) is 0 Å². The molecule has 0 aliphatic heterocycles. The van der Waals surface area contributed by atoms with Crippen molar-refractivity contribution in [1.29, 1.82) is 0 Å². The Kier molecular flexibility index (Phi) is 5.16. The third kappa shape index (κ3) is 4.27. The van der Waals surface area contributed by atoms with E-state index < -0.39 is 10.0 Å². The smallest absolute Gasteiger partial charge is 0.246 e. The summed E-state index contributed by atoms with van der Waals surface area (Å²) in [5.74, 6) is 0.353. The molecule has 2 aromatic carbocycles. The average molecular weight is 384 g/mol. The van der Waals surface area contributed by atoms with E-state index >= 15 is 0 Å². The van der Waals surface area contributed by atoms with E-state index in [-0.39, 0.29) is 16.8 Å². The van der Waals surface area contributed by atoms with Gasteiger partial charge < -0.3 is 9.32 Å². The van der Waals surface area contributed by atoms with Crippen LogP contribution < -0.4 is 5.14 Å². The molecular formula is C20H20N2O4S. The van der Waals surface area contributed by atoms with Crippen molar-refractivity contribution in [1.82, 2.24) is 4.90 Å². The number of nitrogens with two attached hydrogens (primary N) is 1. The van der Waals surface area contributed by atoms with Crippen molar-refractivity contribution in [2.24, 2.45) is 5.14 Å². The minimum Gasteiger partial charge on any atom is -0.457 e. The number of amides is 1. The summed E-state index contributed by atoms with van der Waals surface area (Å²) >= 11 is 0. The summed E-state index contributed by atoms with van der Waals surface area (Å²) < 4.78 is 28.7. The van der Waals surface area contributed by atoms with E-state index in [0.29, 0.717) is 11.3 Å². The SMILES string of the molecule is CC(c1cccc(S(N)(=O)=O)c1)N(C)C(=O)C=Cc1cc2ccccc2o1. The lowest BCUT2D eigenvalue weighted by atomic mass is 10.1. The second kappa shape index (κ2) is 7.38.